The van der Waals surface area contributed by atoms with Crippen molar-refractivity contribution in [1.29, 1.82) is 0 Å². The van der Waals surface area contributed by atoms with Crippen LogP contribution in [0.15, 0.2) is 0 Å². The van der Waals surface area contributed by atoms with E-state index in [0.717, 1.165) is 4.52 Å². The van der Waals surface area contributed by atoms with E-state index in [1.807, 2.05) is 0 Å². The van der Waals surface area contributed by atoms with Crippen molar-refractivity contribution in [3.8, 4) is 0 Å². The molecule has 7 nitrogen and oxygen atoms in total. The highest BCUT2D eigenvalue weighted by Gasteiger charge is 2.36. The molecule has 2 heterocycles. The summed E-state index contributed by atoms with van der Waals surface area (Å²) in [5.74, 6) is -1.53. The van der Waals surface area contributed by atoms with E-state index >= 15 is 0 Å². The van der Waals surface area contributed by atoms with E-state index in [0.29, 0.717) is 23.4 Å². The zero-order valence-electron chi connectivity index (χ0n) is 13.6. The van der Waals surface area contributed by atoms with Crippen molar-refractivity contribution in [2.24, 2.45) is 0 Å². The van der Waals surface area contributed by atoms with Crippen LogP contribution in [-0.4, -0.2) is 55.7 Å². The summed E-state index contributed by atoms with van der Waals surface area (Å²) in [5.41, 5.74) is 1.64. The van der Waals surface area contributed by atoms with Crippen molar-refractivity contribution in [1.82, 2.24) is 24.5 Å². The number of aromatic nitrogens is 4. The summed E-state index contributed by atoms with van der Waals surface area (Å²) in [7, 11) is 1.58. The first-order chi connectivity index (χ1) is 11.1. The fourth-order valence-electron chi connectivity index (χ4n) is 2.39. The Hall–Kier alpha value is -2.23. The van der Waals surface area contributed by atoms with E-state index in [4.69, 9.17) is 5.11 Å². The summed E-state index contributed by atoms with van der Waals surface area (Å²) >= 11 is 0. The topological polar surface area (TPSA) is 83.6 Å². The van der Waals surface area contributed by atoms with Gasteiger partial charge in [0.05, 0.1) is 6.61 Å². The first kappa shape index (κ1) is 18.1. The van der Waals surface area contributed by atoms with Gasteiger partial charge in [-0.2, -0.15) is 18.2 Å². The minimum atomic E-state index is -4.64. The molecule has 0 aliphatic heterocycles. The second-order valence-electron chi connectivity index (χ2n) is 5.45. The van der Waals surface area contributed by atoms with Crippen LogP contribution in [0.3, 0.4) is 0 Å². The SMILES string of the molecule is Cc1nc2nc(C(F)(F)F)nn2c(C)c1CCC(=O)N(C)CCO. The first-order valence-corrected chi connectivity index (χ1v) is 7.30. The van der Waals surface area contributed by atoms with Crippen molar-refractivity contribution in [2.45, 2.75) is 32.9 Å². The van der Waals surface area contributed by atoms with Crippen molar-refractivity contribution in [3.63, 3.8) is 0 Å². The van der Waals surface area contributed by atoms with E-state index in [1.54, 1.807) is 20.9 Å². The molecule has 0 fully saturated rings. The number of carbonyl (C=O) groups excluding carboxylic acids is 1. The molecule has 0 saturated heterocycles. The molecule has 10 heteroatoms. The largest absolute Gasteiger partial charge is 0.453 e. The fraction of sp³-hybridized carbons (Fsp3) is 0.571. The number of fused-ring (bicyclic) bond motifs is 1. The Morgan fingerprint density at radius 3 is 2.54 bits per heavy atom. The molecule has 2 aromatic heterocycles. The van der Waals surface area contributed by atoms with Gasteiger partial charge in [-0.15, -0.1) is 5.10 Å². The van der Waals surface area contributed by atoms with E-state index in [-0.39, 0.29) is 31.3 Å². The second kappa shape index (κ2) is 6.71. The molecule has 0 spiro atoms. The number of likely N-dealkylation sites (N-methyl/N-ethyl adjacent to an activating group) is 1. The van der Waals surface area contributed by atoms with Crippen LogP contribution in [-0.2, 0) is 17.4 Å². The van der Waals surface area contributed by atoms with Gasteiger partial charge in [0.25, 0.3) is 11.6 Å². The van der Waals surface area contributed by atoms with Crippen molar-refractivity contribution in [2.75, 3.05) is 20.2 Å². The third-order valence-corrected chi connectivity index (χ3v) is 3.75. The number of amides is 1. The van der Waals surface area contributed by atoms with E-state index in [1.165, 1.54) is 4.90 Å². The lowest BCUT2D eigenvalue weighted by molar-refractivity contribution is -0.144. The van der Waals surface area contributed by atoms with Gasteiger partial charge in [0.15, 0.2) is 0 Å². The Balaban J connectivity index is 2.29. The van der Waals surface area contributed by atoms with Gasteiger partial charge in [-0.25, -0.2) is 9.50 Å². The molecule has 0 unspecified atom stereocenters. The van der Waals surface area contributed by atoms with Gasteiger partial charge in [0.1, 0.15) is 0 Å². The summed E-state index contributed by atoms with van der Waals surface area (Å²) in [5, 5.41) is 12.3. The summed E-state index contributed by atoms with van der Waals surface area (Å²) in [6.07, 6.45) is -4.17. The third-order valence-electron chi connectivity index (χ3n) is 3.75. The molecule has 1 amide bonds. The average Bonchev–Trinajstić information content (AvgIpc) is 2.91. The normalized spacial score (nSPS) is 12.0. The molecule has 0 radical (unpaired) electrons. The molecule has 0 saturated carbocycles. The summed E-state index contributed by atoms with van der Waals surface area (Å²) in [6, 6.07) is 0. The van der Waals surface area contributed by atoms with Gasteiger partial charge in [-0.3, -0.25) is 4.79 Å². The molecule has 2 rings (SSSR count). The maximum atomic E-state index is 12.7. The Kier molecular flexibility index (Phi) is 5.07. The highest BCUT2D eigenvalue weighted by Crippen LogP contribution is 2.27. The molecular formula is C14H18F3N5O2. The van der Waals surface area contributed by atoms with Crippen molar-refractivity contribution < 1.29 is 23.1 Å². The Morgan fingerprint density at radius 1 is 1.29 bits per heavy atom. The van der Waals surface area contributed by atoms with Crippen LogP contribution < -0.4 is 0 Å². The minimum Gasteiger partial charge on any atom is -0.395 e. The number of aliphatic hydroxyl groups is 1. The van der Waals surface area contributed by atoms with Gasteiger partial charge < -0.3 is 10.0 Å². The van der Waals surface area contributed by atoms with E-state index in [2.05, 4.69) is 15.1 Å². The van der Waals surface area contributed by atoms with E-state index < -0.39 is 12.0 Å². The standard InChI is InChI=1S/C14H18F3N5O2/c1-8-10(4-5-11(24)21(3)6-7-23)9(2)22-13(18-8)19-12(20-22)14(15,16)17/h23H,4-7H2,1-3H3. The lowest BCUT2D eigenvalue weighted by atomic mass is 10.1. The number of alkyl halides is 3. The molecule has 2 aromatic rings. The number of aliphatic hydroxyl groups excluding tert-OH is 1. The molecule has 0 atom stereocenters. The highest BCUT2D eigenvalue weighted by atomic mass is 19.4. The minimum absolute atomic E-state index is 0.121. The molecule has 0 aliphatic rings. The van der Waals surface area contributed by atoms with Gasteiger partial charge >= 0.3 is 6.18 Å². The Bertz CT molecular complexity index is 757. The van der Waals surface area contributed by atoms with Crippen molar-refractivity contribution >= 4 is 11.7 Å². The van der Waals surface area contributed by atoms with Gasteiger partial charge in [0.2, 0.25) is 5.91 Å². The maximum absolute atomic E-state index is 12.7. The Morgan fingerprint density at radius 2 is 1.96 bits per heavy atom. The molecule has 24 heavy (non-hydrogen) atoms. The summed E-state index contributed by atoms with van der Waals surface area (Å²) in [4.78, 5) is 20.8. The number of nitrogens with zero attached hydrogens (tertiary/aromatic N) is 5. The first-order valence-electron chi connectivity index (χ1n) is 7.30. The number of aryl methyl sites for hydroxylation is 2. The third kappa shape index (κ3) is 3.64. The van der Waals surface area contributed by atoms with Gasteiger partial charge in [-0.05, 0) is 25.8 Å². The second-order valence-corrected chi connectivity index (χ2v) is 5.45. The molecule has 1 N–H and O–H groups in total. The van der Waals surface area contributed by atoms with Gasteiger partial charge in [0, 0.05) is 31.4 Å². The molecule has 132 valence electrons. The number of hydrogen-bond donors (Lipinski definition) is 1. The quantitative estimate of drug-likeness (QED) is 0.879. The van der Waals surface area contributed by atoms with Crippen LogP contribution >= 0.6 is 0 Å². The smallest absolute Gasteiger partial charge is 0.395 e. The van der Waals surface area contributed by atoms with Crippen LogP contribution in [0.1, 0.15) is 29.2 Å². The van der Waals surface area contributed by atoms with Crippen LogP contribution in [0.4, 0.5) is 13.2 Å². The monoisotopic (exact) mass is 345 g/mol. The summed E-state index contributed by atoms with van der Waals surface area (Å²) in [6.45, 7) is 3.37. The van der Waals surface area contributed by atoms with E-state index in [9.17, 15) is 18.0 Å². The predicted molar refractivity (Wildman–Crippen MR) is 78.3 cm³/mol. The van der Waals surface area contributed by atoms with Crippen LogP contribution in [0.5, 0.6) is 0 Å². The van der Waals surface area contributed by atoms with Gasteiger partial charge in [-0.1, -0.05) is 0 Å². The van der Waals surface area contributed by atoms with Crippen LogP contribution in [0, 0.1) is 13.8 Å². The van der Waals surface area contributed by atoms with Crippen LogP contribution in [0.2, 0.25) is 0 Å². The summed E-state index contributed by atoms with van der Waals surface area (Å²) < 4.78 is 39.3. The number of rotatable bonds is 5. The lowest BCUT2D eigenvalue weighted by Gasteiger charge is -2.16. The predicted octanol–water partition coefficient (Wildman–Crippen LogP) is 1.14. The number of carbonyl (C=O) groups is 1. The average molecular weight is 345 g/mol. The number of halogens is 3. The highest BCUT2D eigenvalue weighted by molar-refractivity contribution is 5.76. The zero-order chi connectivity index (χ0) is 18.1. The molecular weight excluding hydrogens is 327 g/mol. The molecule has 0 aromatic carbocycles. The van der Waals surface area contributed by atoms with Crippen LogP contribution in [0.25, 0.3) is 5.78 Å². The maximum Gasteiger partial charge on any atom is 0.453 e. The zero-order valence-corrected chi connectivity index (χ0v) is 13.6. The van der Waals surface area contributed by atoms with Crippen molar-refractivity contribution in [3.05, 3.63) is 22.8 Å². The molecule has 0 bridgehead atoms. The number of hydrogen-bond acceptors (Lipinski definition) is 5. The Labute approximate surface area is 136 Å². The molecule has 0 aliphatic carbocycles. The fourth-order valence-corrected chi connectivity index (χ4v) is 2.39. The lowest BCUT2D eigenvalue weighted by Crippen LogP contribution is -2.29.